The summed E-state index contributed by atoms with van der Waals surface area (Å²) in [5, 5.41) is 25.8. The molecule has 19 heteroatoms. The van der Waals surface area contributed by atoms with Crippen molar-refractivity contribution in [2.24, 2.45) is 5.92 Å². The average molecular weight is 719 g/mol. The highest BCUT2D eigenvalue weighted by molar-refractivity contribution is 5.82. The molecule has 1 saturated carbocycles. The quantitative estimate of drug-likeness (QED) is 0.135. The minimum Gasteiger partial charge on any atom is -0.394 e. The van der Waals surface area contributed by atoms with Gasteiger partial charge >= 0.3 is 11.4 Å². The molecule has 1 aliphatic rings. The van der Waals surface area contributed by atoms with Gasteiger partial charge in [0.2, 0.25) is 0 Å². The first-order chi connectivity index (χ1) is 25.6. The van der Waals surface area contributed by atoms with E-state index in [0.717, 1.165) is 46.6 Å². The van der Waals surface area contributed by atoms with Crippen LogP contribution in [0.25, 0.3) is 44.4 Å². The van der Waals surface area contributed by atoms with E-state index in [-0.39, 0.29) is 29.6 Å². The van der Waals surface area contributed by atoms with E-state index in [1.807, 2.05) is 41.1 Å². The number of benzene rings is 2. The van der Waals surface area contributed by atoms with Gasteiger partial charge in [-0.15, -0.1) is 10.2 Å². The maximum Gasteiger partial charge on any atom is 0.328 e. The van der Waals surface area contributed by atoms with Crippen LogP contribution in [0.5, 0.6) is 0 Å². The molecule has 53 heavy (non-hydrogen) atoms. The van der Waals surface area contributed by atoms with Crippen LogP contribution in [0.15, 0.2) is 46.0 Å². The average Bonchev–Trinajstić information content (AvgIpc) is 3.43. The molecule has 0 spiro atoms. The van der Waals surface area contributed by atoms with E-state index in [2.05, 4.69) is 50.5 Å². The summed E-state index contributed by atoms with van der Waals surface area (Å²) in [6, 6.07) is 11.6. The number of anilines is 2. The van der Waals surface area contributed by atoms with Crippen LogP contribution in [0, 0.1) is 19.8 Å². The number of aliphatic hydroxyl groups excluding tert-OH is 1. The van der Waals surface area contributed by atoms with E-state index in [9.17, 15) is 9.59 Å². The second-order valence-electron chi connectivity index (χ2n) is 13.3. The highest BCUT2D eigenvalue weighted by Crippen LogP contribution is 2.33. The third-order valence-electron chi connectivity index (χ3n) is 9.35. The molecule has 0 saturated heterocycles. The van der Waals surface area contributed by atoms with Crippen LogP contribution in [0.3, 0.4) is 0 Å². The number of imidazole rings is 2. The number of nitrogens with one attached hydrogen (secondary N) is 2. The molecular formula is C34H38N16O3. The lowest BCUT2D eigenvalue weighted by molar-refractivity contribution is 0.270. The molecule has 1 fully saturated rings. The zero-order chi connectivity index (χ0) is 36.8. The van der Waals surface area contributed by atoms with Gasteiger partial charge in [0.05, 0.1) is 37.3 Å². The summed E-state index contributed by atoms with van der Waals surface area (Å²) in [5.41, 5.74) is 18.3. The number of nitrogen functional groups attached to an aromatic ring is 2. The number of nitrogens with two attached hydrogens (primary N) is 2. The van der Waals surface area contributed by atoms with E-state index >= 15 is 0 Å². The molecule has 1 aliphatic carbocycles. The third kappa shape index (κ3) is 6.68. The summed E-state index contributed by atoms with van der Waals surface area (Å²) in [4.78, 5) is 47.0. The van der Waals surface area contributed by atoms with E-state index in [0.29, 0.717) is 59.1 Å². The lowest BCUT2D eigenvalue weighted by Gasteiger charge is -2.05. The Morgan fingerprint density at radius 3 is 1.70 bits per heavy atom. The minimum absolute atomic E-state index is 0.00851. The van der Waals surface area contributed by atoms with Crippen LogP contribution in [-0.2, 0) is 26.2 Å². The molecule has 0 amide bonds. The van der Waals surface area contributed by atoms with Gasteiger partial charge < -0.3 is 26.5 Å². The minimum atomic E-state index is -0.300. The van der Waals surface area contributed by atoms with Crippen molar-refractivity contribution in [2.75, 3.05) is 18.1 Å². The molecule has 6 heterocycles. The van der Waals surface area contributed by atoms with Crippen LogP contribution in [0.2, 0.25) is 0 Å². The van der Waals surface area contributed by atoms with Crippen molar-refractivity contribution in [1.82, 2.24) is 69.0 Å². The second-order valence-corrected chi connectivity index (χ2v) is 13.3. The van der Waals surface area contributed by atoms with E-state index < -0.39 is 0 Å². The zero-order valence-electron chi connectivity index (χ0n) is 29.2. The van der Waals surface area contributed by atoms with Crippen molar-refractivity contribution in [3.05, 3.63) is 80.1 Å². The fourth-order valence-electron chi connectivity index (χ4n) is 6.58. The van der Waals surface area contributed by atoms with Gasteiger partial charge in [0.25, 0.3) is 0 Å². The molecule has 0 bridgehead atoms. The van der Waals surface area contributed by atoms with Gasteiger partial charge in [-0.05, 0) is 68.0 Å². The van der Waals surface area contributed by atoms with Gasteiger partial charge in [-0.3, -0.25) is 9.13 Å². The number of H-pyrrole nitrogens is 2. The number of aromatic nitrogens is 14. The number of aromatic amines is 2. The molecule has 0 radical (unpaired) electrons. The van der Waals surface area contributed by atoms with Crippen LogP contribution in [0.1, 0.15) is 48.5 Å². The standard InChI is InChI=1S/C19H22N8O.C15H16N8O2/c1-11-21-17(20)16-18(22-11)26(19(28)23-16)10-13-6-7-15-14(9-13)24-25-27(15)8-2-3-12-4-5-12;1-8-17-13(16)12-14(18-8)22(15(25)19-12)7-9-2-3-11-10(6-9)20-21-23(11)4-5-24/h6-7,9,12H,2-5,8,10H2,1H3,(H,23,28)(H2,20,21,22);2-3,6,24H,4-5,7H2,1H3,(H,19,25)(H2,16,17,18). The molecule has 19 nitrogen and oxygen atoms in total. The predicted molar refractivity (Wildman–Crippen MR) is 197 cm³/mol. The van der Waals surface area contributed by atoms with E-state index in [1.54, 1.807) is 23.1 Å². The third-order valence-corrected chi connectivity index (χ3v) is 9.35. The van der Waals surface area contributed by atoms with Crippen molar-refractivity contribution in [3.63, 3.8) is 0 Å². The molecule has 0 atom stereocenters. The smallest absolute Gasteiger partial charge is 0.328 e. The van der Waals surface area contributed by atoms with Crippen molar-refractivity contribution in [3.8, 4) is 0 Å². The van der Waals surface area contributed by atoms with Gasteiger partial charge in [-0.1, -0.05) is 35.4 Å². The summed E-state index contributed by atoms with van der Waals surface area (Å²) in [6.07, 6.45) is 5.17. The number of aryl methyl sites for hydroxylation is 3. The van der Waals surface area contributed by atoms with Crippen LogP contribution in [-0.4, -0.2) is 80.7 Å². The van der Waals surface area contributed by atoms with Crippen LogP contribution >= 0.6 is 0 Å². The molecule has 6 aromatic heterocycles. The molecule has 2 aromatic carbocycles. The highest BCUT2D eigenvalue weighted by atomic mass is 16.3. The van der Waals surface area contributed by atoms with Gasteiger partial charge in [-0.25, -0.2) is 38.9 Å². The summed E-state index contributed by atoms with van der Waals surface area (Å²) in [6.45, 7) is 5.44. The first-order valence-electron chi connectivity index (χ1n) is 17.4. The van der Waals surface area contributed by atoms with E-state index in [4.69, 9.17) is 16.6 Å². The summed E-state index contributed by atoms with van der Waals surface area (Å²) in [7, 11) is 0. The van der Waals surface area contributed by atoms with Gasteiger partial charge in [-0.2, -0.15) is 0 Å². The molecule has 9 rings (SSSR count). The first-order valence-corrected chi connectivity index (χ1v) is 17.4. The summed E-state index contributed by atoms with van der Waals surface area (Å²) >= 11 is 0. The highest BCUT2D eigenvalue weighted by Gasteiger charge is 2.21. The fourth-order valence-corrected chi connectivity index (χ4v) is 6.58. The molecular weight excluding hydrogens is 680 g/mol. The Labute approximate surface area is 299 Å². The molecule has 8 aromatic rings. The van der Waals surface area contributed by atoms with Gasteiger partial charge in [0.1, 0.15) is 33.7 Å². The van der Waals surface area contributed by atoms with Crippen LogP contribution in [0.4, 0.5) is 11.6 Å². The monoisotopic (exact) mass is 718 g/mol. The zero-order valence-corrected chi connectivity index (χ0v) is 29.2. The van der Waals surface area contributed by atoms with Gasteiger partial charge in [0, 0.05) is 6.54 Å². The van der Waals surface area contributed by atoms with Crippen molar-refractivity contribution in [1.29, 1.82) is 0 Å². The van der Waals surface area contributed by atoms with E-state index in [1.165, 1.54) is 23.8 Å². The lowest BCUT2D eigenvalue weighted by atomic mass is 10.2. The van der Waals surface area contributed by atoms with Crippen molar-refractivity contribution >= 4 is 56.0 Å². The number of rotatable bonds is 10. The van der Waals surface area contributed by atoms with Crippen molar-refractivity contribution < 1.29 is 5.11 Å². The fraction of sp³-hybridized carbons (Fsp3) is 0.353. The Morgan fingerprint density at radius 1 is 0.736 bits per heavy atom. The first kappa shape index (κ1) is 33.6. The Hall–Kier alpha value is -6.50. The lowest BCUT2D eigenvalue weighted by Crippen LogP contribution is -2.17. The predicted octanol–water partition coefficient (Wildman–Crippen LogP) is 1.79. The Kier molecular flexibility index (Phi) is 8.61. The number of hydrogen-bond donors (Lipinski definition) is 5. The summed E-state index contributed by atoms with van der Waals surface area (Å²) in [5.74, 6) is 2.49. The van der Waals surface area contributed by atoms with Crippen molar-refractivity contribution in [2.45, 2.75) is 65.7 Å². The number of fused-ring (bicyclic) bond motifs is 4. The largest absolute Gasteiger partial charge is 0.394 e. The Balaban J connectivity index is 0.000000152. The molecule has 0 unspecified atom stereocenters. The maximum absolute atomic E-state index is 12.4. The number of hydrogen-bond acceptors (Lipinski definition) is 13. The maximum atomic E-state index is 12.4. The Bertz CT molecular complexity index is 2750. The van der Waals surface area contributed by atoms with Gasteiger partial charge in [0.15, 0.2) is 22.9 Å². The SMILES string of the molecule is Cc1nc(N)c2[nH]c(=O)n(Cc3ccc4c(c3)nnn4CCCC3CC3)c2n1.Cc1nc(N)c2[nH]c(=O)n(Cc3ccc4c(c3)nnn4CCO)c2n1. The number of aliphatic hydroxyl groups is 1. The van der Waals surface area contributed by atoms with Crippen LogP contribution < -0.4 is 22.8 Å². The second kappa shape index (κ2) is 13.6. The molecule has 0 aliphatic heterocycles. The number of nitrogens with zero attached hydrogens (tertiary/aromatic N) is 12. The molecule has 7 N–H and O–H groups in total. The topological polar surface area (TPSA) is 261 Å². The molecule has 272 valence electrons. The summed E-state index contributed by atoms with van der Waals surface area (Å²) < 4.78 is 6.69. The Morgan fingerprint density at radius 2 is 1.23 bits per heavy atom. The normalized spacial score (nSPS) is 13.0.